The molecule has 0 heterocycles. The summed E-state index contributed by atoms with van der Waals surface area (Å²) in [6.07, 6.45) is 0.943. The standard InChI is InChI=1S/C10H10BrFO3S/c1-10(11,16(2,14)15)9(13)7-4-3-5-8(12)6-7/h3-6H,1-2H3/t10-/m0/s1. The van der Waals surface area contributed by atoms with E-state index in [1.807, 2.05) is 0 Å². The minimum atomic E-state index is -3.62. The Bertz CT molecular complexity index is 523. The van der Waals surface area contributed by atoms with Crippen LogP contribution in [0.2, 0.25) is 0 Å². The number of hydrogen-bond donors (Lipinski definition) is 0. The van der Waals surface area contributed by atoms with Crippen LogP contribution >= 0.6 is 15.9 Å². The van der Waals surface area contributed by atoms with Crippen molar-refractivity contribution in [1.82, 2.24) is 0 Å². The fourth-order valence-electron chi connectivity index (χ4n) is 1.06. The number of Topliss-reactive ketones (excluding diaryl/α,β-unsaturated/α-hetero) is 1. The van der Waals surface area contributed by atoms with Crippen molar-refractivity contribution in [3.8, 4) is 0 Å². The molecule has 3 nitrogen and oxygen atoms in total. The fourth-order valence-corrected chi connectivity index (χ4v) is 1.74. The molecule has 0 fully saturated rings. The van der Waals surface area contributed by atoms with Gasteiger partial charge in [0.25, 0.3) is 0 Å². The van der Waals surface area contributed by atoms with Crippen LogP contribution in [0.4, 0.5) is 4.39 Å². The van der Waals surface area contributed by atoms with Gasteiger partial charge in [-0.3, -0.25) is 4.79 Å². The van der Waals surface area contributed by atoms with Gasteiger partial charge in [-0.15, -0.1) is 0 Å². The topological polar surface area (TPSA) is 51.2 Å². The van der Waals surface area contributed by atoms with Crippen molar-refractivity contribution in [3.05, 3.63) is 35.6 Å². The van der Waals surface area contributed by atoms with Crippen LogP contribution < -0.4 is 0 Å². The van der Waals surface area contributed by atoms with E-state index in [0.717, 1.165) is 12.3 Å². The molecule has 0 aromatic heterocycles. The molecule has 0 bridgehead atoms. The number of carbonyl (C=O) groups is 1. The Morgan fingerprint density at radius 2 is 2.00 bits per heavy atom. The van der Waals surface area contributed by atoms with Gasteiger partial charge >= 0.3 is 0 Å². The molecule has 0 radical (unpaired) electrons. The zero-order valence-electron chi connectivity index (χ0n) is 8.70. The molecule has 1 rings (SSSR count). The molecule has 0 amide bonds. The zero-order valence-corrected chi connectivity index (χ0v) is 11.1. The van der Waals surface area contributed by atoms with Crippen LogP contribution in [-0.2, 0) is 9.84 Å². The third-order valence-corrected chi connectivity index (χ3v) is 5.89. The Hall–Kier alpha value is -0.750. The number of benzene rings is 1. The molecule has 1 atom stereocenters. The molecule has 0 saturated heterocycles. The normalized spacial score (nSPS) is 15.5. The van der Waals surface area contributed by atoms with E-state index in [-0.39, 0.29) is 5.56 Å². The summed E-state index contributed by atoms with van der Waals surface area (Å²) in [7, 11) is -3.62. The average Bonchev–Trinajstić information content (AvgIpc) is 2.14. The molecule has 0 aliphatic carbocycles. The van der Waals surface area contributed by atoms with Crippen LogP contribution in [0.25, 0.3) is 0 Å². The Morgan fingerprint density at radius 1 is 1.44 bits per heavy atom. The van der Waals surface area contributed by atoms with E-state index in [1.165, 1.54) is 25.1 Å². The summed E-state index contributed by atoms with van der Waals surface area (Å²) in [5.74, 6) is -1.27. The van der Waals surface area contributed by atoms with Crippen molar-refractivity contribution in [2.75, 3.05) is 6.26 Å². The molecule has 0 aliphatic rings. The van der Waals surface area contributed by atoms with Crippen LogP contribution in [0.3, 0.4) is 0 Å². The van der Waals surface area contributed by atoms with E-state index >= 15 is 0 Å². The second kappa shape index (κ2) is 4.25. The number of halogens is 2. The third-order valence-electron chi connectivity index (χ3n) is 2.19. The van der Waals surface area contributed by atoms with Gasteiger partial charge < -0.3 is 0 Å². The van der Waals surface area contributed by atoms with Gasteiger partial charge in [0.2, 0.25) is 0 Å². The quantitative estimate of drug-likeness (QED) is 0.635. The monoisotopic (exact) mass is 308 g/mol. The number of hydrogen-bond acceptors (Lipinski definition) is 3. The fraction of sp³-hybridized carbons (Fsp3) is 0.300. The molecule has 0 N–H and O–H groups in total. The summed E-state index contributed by atoms with van der Waals surface area (Å²) >= 11 is 2.87. The SMILES string of the molecule is C[C@@](Br)(C(=O)c1cccc(F)c1)S(C)(=O)=O. The van der Waals surface area contributed by atoms with E-state index in [2.05, 4.69) is 15.9 Å². The highest BCUT2D eigenvalue weighted by Gasteiger charge is 2.41. The largest absolute Gasteiger partial charge is 0.291 e. The second-order valence-electron chi connectivity index (χ2n) is 3.53. The molecule has 0 spiro atoms. The van der Waals surface area contributed by atoms with E-state index < -0.39 is 25.1 Å². The van der Waals surface area contributed by atoms with Crippen molar-refractivity contribution in [2.45, 2.75) is 10.6 Å². The van der Waals surface area contributed by atoms with Crippen LogP contribution in [0.5, 0.6) is 0 Å². The molecule has 1 aromatic carbocycles. The van der Waals surface area contributed by atoms with Crippen molar-refractivity contribution in [2.24, 2.45) is 0 Å². The maximum Gasteiger partial charge on any atom is 0.194 e. The van der Waals surface area contributed by atoms with Gasteiger partial charge in [-0.05, 0) is 19.1 Å². The average molecular weight is 309 g/mol. The van der Waals surface area contributed by atoms with Gasteiger partial charge in [-0.25, -0.2) is 12.8 Å². The van der Waals surface area contributed by atoms with Crippen molar-refractivity contribution in [1.29, 1.82) is 0 Å². The molecular weight excluding hydrogens is 299 g/mol. The van der Waals surface area contributed by atoms with Gasteiger partial charge in [0, 0.05) is 11.8 Å². The molecule has 88 valence electrons. The number of sulfone groups is 1. The second-order valence-corrected chi connectivity index (χ2v) is 8.00. The predicted octanol–water partition coefficient (Wildman–Crippen LogP) is 2.16. The summed E-state index contributed by atoms with van der Waals surface area (Å²) in [5, 5.41) is 0. The van der Waals surface area contributed by atoms with Gasteiger partial charge in [-0.1, -0.05) is 28.1 Å². The van der Waals surface area contributed by atoms with Crippen molar-refractivity contribution >= 4 is 31.6 Å². The summed E-state index contributed by atoms with van der Waals surface area (Å²) < 4.78 is 33.9. The van der Waals surface area contributed by atoms with Crippen LogP contribution in [0.1, 0.15) is 17.3 Å². The maximum absolute atomic E-state index is 12.9. The molecule has 0 saturated carbocycles. The summed E-state index contributed by atoms with van der Waals surface area (Å²) in [6, 6.07) is 4.92. The number of ketones is 1. The highest BCUT2D eigenvalue weighted by atomic mass is 79.9. The van der Waals surface area contributed by atoms with Crippen LogP contribution in [-0.4, -0.2) is 24.1 Å². The van der Waals surface area contributed by atoms with E-state index in [9.17, 15) is 17.6 Å². The lowest BCUT2D eigenvalue weighted by Gasteiger charge is -2.18. The van der Waals surface area contributed by atoms with E-state index in [4.69, 9.17) is 0 Å². The first-order valence-electron chi connectivity index (χ1n) is 4.35. The summed E-state index contributed by atoms with van der Waals surface area (Å²) in [6.45, 7) is 1.23. The van der Waals surface area contributed by atoms with Crippen LogP contribution in [0, 0.1) is 5.82 Å². The predicted molar refractivity (Wildman–Crippen MR) is 62.9 cm³/mol. The zero-order chi connectivity index (χ0) is 12.6. The first-order valence-corrected chi connectivity index (χ1v) is 7.03. The highest BCUT2D eigenvalue weighted by Crippen LogP contribution is 2.28. The molecule has 6 heteroatoms. The van der Waals surface area contributed by atoms with Gasteiger partial charge in [-0.2, -0.15) is 0 Å². The maximum atomic E-state index is 12.9. The number of carbonyl (C=O) groups excluding carboxylic acids is 1. The molecule has 16 heavy (non-hydrogen) atoms. The van der Waals surface area contributed by atoms with Crippen molar-refractivity contribution < 1.29 is 17.6 Å². The molecule has 1 aromatic rings. The molecular formula is C10H10BrFO3S. The first kappa shape index (κ1) is 13.3. The Labute approximate surface area is 102 Å². The van der Waals surface area contributed by atoms with E-state index in [0.29, 0.717) is 0 Å². The van der Waals surface area contributed by atoms with Crippen LogP contribution in [0.15, 0.2) is 24.3 Å². The van der Waals surface area contributed by atoms with Gasteiger partial charge in [0.05, 0.1) is 0 Å². The highest BCUT2D eigenvalue weighted by molar-refractivity contribution is 9.12. The van der Waals surface area contributed by atoms with Crippen molar-refractivity contribution in [3.63, 3.8) is 0 Å². The van der Waals surface area contributed by atoms with Gasteiger partial charge in [0.1, 0.15) is 5.82 Å². The summed E-state index contributed by atoms with van der Waals surface area (Å²) in [4.78, 5) is 11.9. The minimum absolute atomic E-state index is 0.0183. The lowest BCUT2D eigenvalue weighted by molar-refractivity contribution is 0.0982. The summed E-state index contributed by atoms with van der Waals surface area (Å²) in [5.41, 5.74) is 0.0183. The molecule has 0 aliphatic heterocycles. The molecule has 0 unspecified atom stereocenters. The lowest BCUT2D eigenvalue weighted by atomic mass is 10.1. The minimum Gasteiger partial charge on any atom is -0.291 e. The number of rotatable bonds is 3. The number of alkyl halides is 1. The Morgan fingerprint density at radius 3 is 2.44 bits per heavy atom. The van der Waals surface area contributed by atoms with E-state index in [1.54, 1.807) is 0 Å². The first-order chi connectivity index (χ1) is 7.16. The Kier molecular flexibility index (Phi) is 3.54. The smallest absolute Gasteiger partial charge is 0.194 e. The lowest BCUT2D eigenvalue weighted by Crippen LogP contribution is -2.36. The Balaban J connectivity index is 3.23. The third kappa shape index (κ3) is 2.49. The van der Waals surface area contributed by atoms with Gasteiger partial charge in [0.15, 0.2) is 19.3 Å².